The molecule has 0 aliphatic carbocycles. The minimum absolute atomic E-state index is 0.0195. The average Bonchev–Trinajstić information content (AvgIpc) is 3.31. The quantitative estimate of drug-likeness (QED) is 0.798. The molecule has 0 radical (unpaired) electrons. The van der Waals surface area contributed by atoms with Crippen molar-refractivity contribution in [1.29, 1.82) is 0 Å². The van der Waals surface area contributed by atoms with Crippen LogP contribution in [0.1, 0.15) is 28.6 Å². The Morgan fingerprint density at radius 3 is 3.13 bits per heavy atom. The summed E-state index contributed by atoms with van der Waals surface area (Å²) in [4.78, 5) is 26.3. The average molecular weight is 311 g/mol. The van der Waals surface area contributed by atoms with Gasteiger partial charge in [0, 0.05) is 38.7 Å². The van der Waals surface area contributed by atoms with Crippen LogP contribution in [0.3, 0.4) is 0 Å². The maximum Gasteiger partial charge on any atom is 0.256 e. The Labute approximate surface area is 132 Å². The summed E-state index contributed by atoms with van der Waals surface area (Å²) in [5.74, 6) is 0.767. The molecular formula is C16H17N5O2. The van der Waals surface area contributed by atoms with Crippen LogP contribution < -0.4 is 0 Å². The third kappa shape index (κ3) is 2.39. The van der Waals surface area contributed by atoms with Crippen LogP contribution in [0.2, 0.25) is 0 Å². The molecule has 1 N–H and O–H groups in total. The van der Waals surface area contributed by atoms with Crippen LogP contribution in [-0.2, 0) is 4.74 Å². The number of aromatic nitrogens is 4. The molecule has 7 heteroatoms. The van der Waals surface area contributed by atoms with Crippen molar-refractivity contribution >= 4 is 11.4 Å². The summed E-state index contributed by atoms with van der Waals surface area (Å²) in [5.41, 5.74) is 1.59. The molecule has 0 spiro atoms. The van der Waals surface area contributed by atoms with Crippen molar-refractivity contribution in [3.05, 3.63) is 54.6 Å². The normalized spacial score (nSPS) is 21.2. The van der Waals surface area contributed by atoms with Crippen molar-refractivity contribution in [2.75, 3.05) is 13.7 Å². The van der Waals surface area contributed by atoms with Gasteiger partial charge in [0.1, 0.15) is 5.82 Å². The number of rotatable bonds is 3. The topological polar surface area (TPSA) is 75.5 Å². The number of hydrogen-bond acceptors (Lipinski definition) is 4. The number of H-pyrrole nitrogens is 1. The SMILES string of the molecule is CO[C@@H]1CC(c2ncc[nH]2)N(C(=O)c2ccc3cncn3c2)C1. The predicted molar refractivity (Wildman–Crippen MR) is 83.0 cm³/mol. The molecule has 1 amide bonds. The number of likely N-dealkylation sites (tertiary alicyclic amines) is 1. The Morgan fingerprint density at radius 1 is 1.43 bits per heavy atom. The van der Waals surface area contributed by atoms with Crippen LogP contribution in [0, 0.1) is 0 Å². The van der Waals surface area contributed by atoms with Gasteiger partial charge in [-0.25, -0.2) is 9.97 Å². The molecule has 3 aromatic rings. The lowest BCUT2D eigenvalue weighted by Crippen LogP contribution is -2.32. The van der Waals surface area contributed by atoms with E-state index >= 15 is 0 Å². The highest BCUT2D eigenvalue weighted by molar-refractivity contribution is 5.94. The molecule has 0 saturated carbocycles. The lowest BCUT2D eigenvalue weighted by Gasteiger charge is -2.23. The highest BCUT2D eigenvalue weighted by Gasteiger charge is 2.38. The summed E-state index contributed by atoms with van der Waals surface area (Å²) >= 11 is 0. The molecular weight excluding hydrogens is 294 g/mol. The first-order valence-electron chi connectivity index (χ1n) is 7.51. The molecule has 4 heterocycles. The molecule has 1 saturated heterocycles. The molecule has 4 rings (SSSR count). The Morgan fingerprint density at radius 2 is 2.35 bits per heavy atom. The van der Waals surface area contributed by atoms with E-state index in [1.54, 1.807) is 32.0 Å². The number of amides is 1. The van der Waals surface area contributed by atoms with Gasteiger partial charge in [-0.15, -0.1) is 0 Å². The molecule has 23 heavy (non-hydrogen) atoms. The molecule has 7 nitrogen and oxygen atoms in total. The standard InChI is InChI=1S/C16H17N5O2/c1-23-13-6-14(15-18-4-5-19-15)21(9-13)16(22)11-2-3-12-7-17-10-20(12)8-11/h2-5,7-8,10,13-14H,6,9H2,1H3,(H,18,19)/t13-,14?/m1/s1. The number of nitrogens with zero attached hydrogens (tertiary/aromatic N) is 4. The summed E-state index contributed by atoms with van der Waals surface area (Å²) in [7, 11) is 1.68. The molecule has 1 fully saturated rings. The second kappa shape index (κ2) is 5.51. The van der Waals surface area contributed by atoms with Crippen LogP contribution in [0.4, 0.5) is 0 Å². The van der Waals surface area contributed by atoms with E-state index in [1.807, 2.05) is 27.6 Å². The fraction of sp³-hybridized carbons (Fsp3) is 0.312. The van der Waals surface area contributed by atoms with E-state index in [4.69, 9.17) is 4.74 Å². The first-order chi connectivity index (χ1) is 11.3. The summed E-state index contributed by atoms with van der Waals surface area (Å²) in [6, 6.07) is 3.63. The molecule has 118 valence electrons. The Hall–Kier alpha value is -2.67. The lowest BCUT2D eigenvalue weighted by atomic mass is 10.1. The van der Waals surface area contributed by atoms with Gasteiger partial charge >= 0.3 is 0 Å². The van der Waals surface area contributed by atoms with Gasteiger partial charge in [0.2, 0.25) is 0 Å². The number of ether oxygens (including phenoxy) is 1. The number of pyridine rings is 1. The van der Waals surface area contributed by atoms with Crippen molar-refractivity contribution in [1.82, 2.24) is 24.3 Å². The van der Waals surface area contributed by atoms with Crippen molar-refractivity contribution in [2.45, 2.75) is 18.6 Å². The van der Waals surface area contributed by atoms with E-state index in [1.165, 1.54) is 0 Å². The molecule has 1 aliphatic rings. The van der Waals surface area contributed by atoms with Crippen LogP contribution in [0.25, 0.3) is 5.52 Å². The fourth-order valence-electron chi connectivity index (χ4n) is 3.12. The zero-order chi connectivity index (χ0) is 15.8. The van der Waals surface area contributed by atoms with Crippen molar-refractivity contribution in [3.8, 4) is 0 Å². The number of carbonyl (C=O) groups is 1. The van der Waals surface area contributed by atoms with E-state index in [-0.39, 0.29) is 18.1 Å². The second-order valence-corrected chi connectivity index (χ2v) is 5.68. The summed E-state index contributed by atoms with van der Waals surface area (Å²) in [6.07, 6.45) is 9.50. The predicted octanol–water partition coefficient (Wildman–Crippen LogP) is 1.66. The van der Waals surface area contributed by atoms with Crippen LogP contribution in [0.15, 0.2) is 43.2 Å². The maximum atomic E-state index is 13.0. The van der Waals surface area contributed by atoms with Crippen LogP contribution in [-0.4, -0.2) is 49.9 Å². The molecule has 0 aromatic carbocycles. The number of methoxy groups -OCH3 is 1. The zero-order valence-electron chi connectivity index (χ0n) is 12.7. The zero-order valence-corrected chi connectivity index (χ0v) is 12.7. The number of hydrogen-bond donors (Lipinski definition) is 1. The first kappa shape index (κ1) is 14.0. The summed E-state index contributed by atoms with van der Waals surface area (Å²) < 4.78 is 7.31. The van der Waals surface area contributed by atoms with Crippen molar-refractivity contribution in [3.63, 3.8) is 0 Å². The smallest absolute Gasteiger partial charge is 0.256 e. The van der Waals surface area contributed by atoms with Gasteiger partial charge in [0.25, 0.3) is 5.91 Å². The van der Waals surface area contributed by atoms with Gasteiger partial charge in [-0.2, -0.15) is 0 Å². The van der Waals surface area contributed by atoms with E-state index < -0.39 is 0 Å². The van der Waals surface area contributed by atoms with E-state index in [2.05, 4.69) is 15.0 Å². The minimum Gasteiger partial charge on any atom is -0.380 e. The largest absolute Gasteiger partial charge is 0.380 e. The van der Waals surface area contributed by atoms with Crippen LogP contribution >= 0.6 is 0 Å². The third-order valence-corrected chi connectivity index (χ3v) is 4.35. The minimum atomic E-state index is -0.0964. The monoisotopic (exact) mass is 311 g/mol. The maximum absolute atomic E-state index is 13.0. The van der Waals surface area contributed by atoms with Gasteiger partial charge in [0.15, 0.2) is 0 Å². The Kier molecular flexibility index (Phi) is 3.34. The Balaban J connectivity index is 1.67. The highest BCUT2D eigenvalue weighted by Crippen LogP contribution is 2.32. The van der Waals surface area contributed by atoms with Crippen molar-refractivity contribution in [2.24, 2.45) is 0 Å². The van der Waals surface area contributed by atoms with Gasteiger partial charge in [-0.05, 0) is 12.1 Å². The molecule has 1 unspecified atom stereocenters. The van der Waals surface area contributed by atoms with Gasteiger partial charge in [-0.3, -0.25) is 4.79 Å². The fourth-order valence-corrected chi connectivity index (χ4v) is 3.12. The molecule has 0 bridgehead atoms. The first-order valence-corrected chi connectivity index (χ1v) is 7.51. The van der Waals surface area contributed by atoms with Gasteiger partial charge in [0.05, 0.1) is 35.8 Å². The van der Waals surface area contributed by atoms with E-state index in [0.717, 1.165) is 17.8 Å². The molecule has 1 aliphatic heterocycles. The number of nitrogens with one attached hydrogen (secondary N) is 1. The Bertz CT molecular complexity index is 826. The van der Waals surface area contributed by atoms with Gasteiger partial charge < -0.3 is 19.0 Å². The summed E-state index contributed by atoms with van der Waals surface area (Å²) in [5, 5.41) is 0. The third-order valence-electron chi connectivity index (χ3n) is 4.35. The number of imidazole rings is 2. The lowest BCUT2D eigenvalue weighted by molar-refractivity contribution is 0.0684. The number of aromatic amines is 1. The molecule has 3 aromatic heterocycles. The number of fused-ring (bicyclic) bond motifs is 1. The number of carbonyl (C=O) groups excluding carboxylic acids is 1. The second-order valence-electron chi connectivity index (χ2n) is 5.68. The van der Waals surface area contributed by atoms with Crippen LogP contribution in [0.5, 0.6) is 0 Å². The van der Waals surface area contributed by atoms with Crippen molar-refractivity contribution < 1.29 is 9.53 Å². The molecule has 2 atom stereocenters. The van der Waals surface area contributed by atoms with E-state index in [9.17, 15) is 4.79 Å². The highest BCUT2D eigenvalue weighted by atomic mass is 16.5. The van der Waals surface area contributed by atoms with Gasteiger partial charge in [-0.1, -0.05) is 0 Å². The summed E-state index contributed by atoms with van der Waals surface area (Å²) in [6.45, 7) is 0.558. The van der Waals surface area contributed by atoms with E-state index in [0.29, 0.717) is 12.1 Å².